The lowest BCUT2D eigenvalue weighted by atomic mass is 10.0. The topological polar surface area (TPSA) is 86.4 Å². The van der Waals surface area contributed by atoms with E-state index < -0.39 is 0 Å². The van der Waals surface area contributed by atoms with Gasteiger partial charge in [-0.1, -0.05) is 0 Å². The van der Waals surface area contributed by atoms with E-state index in [9.17, 15) is 4.39 Å². The first kappa shape index (κ1) is 22.2. The maximum Gasteiger partial charge on any atom is 0.177 e. The molecule has 0 bridgehead atoms. The number of nitrogens with zero attached hydrogens (tertiary/aromatic N) is 5. The molecule has 10 heteroatoms. The number of nitrogens with one attached hydrogen (secondary N) is 2. The Hall–Kier alpha value is -4.02. The van der Waals surface area contributed by atoms with Gasteiger partial charge in [0.05, 0.1) is 15.9 Å². The van der Waals surface area contributed by atoms with Gasteiger partial charge >= 0.3 is 0 Å². The molecular weight excluding hydrogens is 492 g/mol. The Morgan fingerprint density at radius 3 is 2.70 bits per heavy atom. The third kappa shape index (κ3) is 3.98. The van der Waals surface area contributed by atoms with Crippen LogP contribution in [0.4, 0.5) is 8.78 Å². The maximum atomic E-state index is 15.2. The highest BCUT2D eigenvalue weighted by molar-refractivity contribution is 7.13. The molecule has 7 nitrogen and oxygen atoms in total. The Bertz CT molecular complexity index is 1760. The van der Waals surface area contributed by atoms with E-state index in [4.69, 9.17) is 4.98 Å². The van der Waals surface area contributed by atoms with E-state index in [2.05, 4.69) is 30.0 Å². The molecule has 184 valence electrons. The van der Waals surface area contributed by atoms with Crippen molar-refractivity contribution in [3.05, 3.63) is 71.5 Å². The fourth-order valence-corrected chi connectivity index (χ4v) is 5.76. The average Bonchev–Trinajstić information content (AvgIpc) is 3.70. The molecule has 7 rings (SSSR count). The molecule has 0 unspecified atom stereocenters. The smallest absolute Gasteiger partial charge is 0.177 e. The molecule has 0 atom stereocenters. The van der Waals surface area contributed by atoms with Crippen molar-refractivity contribution in [1.82, 2.24) is 35.0 Å². The molecule has 6 heterocycles. The Balaban J connectivity index is 1.30. The zero-order valence-corrected chi connectivity index (χ0v) is 20.4. The van der Waals surface area contributed by atoms with Gasteiger partial charge < -0.3 is 4.98 Å². The molecule has 37 heavy (non-hydrogen) atoms. The quantitative estimate of drug-likeness (QED) is 0.288. The predicted octanol–water partition coefficient (Wildman–Crippen LogP) is 6.17. The van der Waals surface area contributed by atoms with Crippen molar-refractivity contribution in [2.75, 3.05) is 13.1 Å². The third-order valence-electron chi connectivity index (χ3n) is 6.79. The highest BCUT2D eigenvalue weighted by Gasteiger charge is 2.19. The first-order chi connectivity index (χ1) is 18.1. The van der Waals surface area contributed by atoms with Crippen LogP contribution in [0.1, 0.15) is 18.4 Å². The molecule has 1 fully saturated rings. The molecule has 0 amide bonds. The number of aromatic amines is 2. The molecule has 0 aliphatic carbocycles. The highest BCUT2D eigenvalue weighted by atomic mass is 32.1. The summed E-state index contributed by atoms with van der Waals surface area (Å²) >= 11 is 1.02. The minimum absolute atomic E-state index is 0.281. The molecule has 0 radical (unpaired) electrons. The van der Waals surface area contributed by atoms with Crippen molar-refractivity contribution in [1.29, 1.82) is 0 Å². The number of imidazole rings is 1. The summed E-state index contributed by atoms with van der Waals surface area (Å²) in [4.78, 5) is 20.0. The predicted molar refractivity (Wildman–Crippen MR) is 140 cm³/mol. The molecule has 1 aromatic carbocycles. The number of likely N-dealkylation sites (tertiary alicyclic amines) is 1. The van der Waals surface area contributed by atoms with E-state index in [1.807, 2.05) is 18.3 Å². The number of thiophene rings is 1. The zero-order chi connectivity index (χ0) is 24.9. The molecule has 0 spiro atoms. The minimum Gasteiger partial charge on any atom is -0.336 e. The van der Waals surface area contributed by atoms with E-state index >= 15 is 4.39 Å². The SMILES string of the molecule is Fc1ccc(-c2nccc3[nH]c(-c4n[nH]c5cc(F)c(-c6cncc(CN7CCCC7)c6)cc45)nc23)s1. The summed E-state index contributed by atoms with van der Waals surface area (Å²) in [5.41, 5.74) is 5.35. The van der Waals surface area contributed by atoms with Gasteiger partial charge in [-0.25, -0.2) is 9.37 Å². The second-order valence-electron chi connectivity index (χ2n) is 9.26. The number of fused-ring (bicyclic) bond motifs is 2. The van der Waals surface area contributed by atoms with Gasteiger partial charge in [-0.05, 0) is 61.8 Å². The number of halogens is 2. The number of aromatic nitrogens is 6. The van der Waals surface area contributed by atoms with E-state index in [0.717, 1.165) is 53.0 Å². The Morgan fingerprint density at radius 1 is 0.973 bits per heavy atom. The highest BCUT2D eigenvalue weighted by Crippen LogP contribution is 2.35. The van der Waals surface area contributed by atoms with Crippen LogP contribution in [-0.4, -0.2) is 48.1 Å². The summed E-state index contributed by atoms with van der Waals surface area (Å²) in [6.45, 7) is 2.98. The van der Waals surface area contributed by atoms with Crippen molar-refractivity contribution in [2.24, 2.45) is 0 Å². The van der Waals surface area contributed by atoms with E-state index in [-0.39, 0.29) is 10.9 Å². The molecule has 2 N–H and O–H groups in total. The molecular formula is C27H21F2N7S. The van der Waals surface area contributed by atoms with Crippen LogP contribution in [0.5, 0.6) is 0 Å². The number of benzene rings is 1. The summed E-state index contributed by atoms with van der Waals surface area (Å²) in [5, 5.41) is 7.82. The van der Waals surface area contributed by atoms with Crippen molar-refractivity contribution in [3.63, 3.8) is 0 Å². The van der Waals surface area contributed by atoms with Crippen LogP contribution in [0.15, 0.2) is 55.0 Å². The van der Waals surface area contributed by atoms with E-state index in [1.165, 1.54) is 25.0 Å². The maximum absolute atomic E-state index is 15.2. The van der Waals surface area contributed by atoms with Gasteiger partial charge in [0, 0.05) is 47.7 Å². The summed E-state index contributed by atoms with van der Waals surface area (Å²) < 4.78 is 28.9. The number of H-pyrrole nitrogens is 2. The second kappa shape index (κ2) is 8.82. The molecule has 1 aliphatic rings. The lowest BCUT2D eigenvalue weighted by molar-refractivity contribution is 0.331. The number of rotatable bonds is 5. The van der Waals surface area contributed by atoms with Gasteiger partial charge in [-0.2, -0.15) is 9.49 Å². The van der Waals surface area contributed by atoms with Gasteiger partial charge in [0.15, 0.2) is 11.0 Å². The fraction of sp³-hybridized carbons (Fsp3) is 0.185. The average molecular weight is 514 g/mol. The van der Waals surface area contributed by atoms with Crippen LogP contribution in [0.2, 0.25) is 0 Å². The van der Waals surface area contributed by atoms with Crippen LogP contribution >= 0.6 is 11.3 Å². The summed E-state index contributed by atoms with van der Waals surface area (Å²) in [6.07, 6.45) is 7.63. The van der Waals surface area contributed by atoms with Crippen LogP contribution in [0.3, 0.4) is 0 Å². The van der Waals surface area contributed by atoms with E-state index in [1.54, 1.807) is 24.5 Å². The first-order valence-electron chi connectivity index (χ1n) is 12.1. The van der Waals surface area contributed by atoms with Gasteiger partial charge in [0.1, 0.15) is 22.7 Å². The third-order valence-corrected chi connectivity index (χ3v) is 7.67. The molecule has 0 saturated carbocycles. The normalized spacial score (nSPS) is 14.3. The van der Waals surface area contributed by atoms with E-state index in [0.29, 0.717) is 38.7 Å². The Labute approximate surface area is 214 Å². The van der Waals surface area contributed by atoms with Crippen molar-refractivity contribution >= 4 is 33.3 Å². The summed E-state index contributed by atoms with van der Waals surface area (Å²) in [5.74, 6) is 0.171. The zero-order valence-electron chi connectivity index (χ0n) is 19.6. The number of pyridine rings is 2. The summed E-state index contributed by atoms with van der Waals surface area (Å²) in [7, 11) is 0. The largest absolute Gasteiger partial charge is 0.336 e. The van der Waals surface area contributed by atoms with Crippen LogP contribution < -0.4 is 0 Å². The minimum atomic E-state index is -0.348. The fourth-order valence-electron chi connectivity index (χ4n) is 5.03. The van der Waals surface area contributed by atoms with Crippen LogP contribution in [-0.2, 0) is 6.54 Å². The molecule has 5 aromatic heterocycles. The van der Waals surface area contributed by atoms with Crippen LogP contribution in [0.25, 0.3) is 55.2 Å². The Kier molecular flexibility index (Phi) is 5.29. The number of hydrogen-bond donors (Lipinski definition) is 2. The van der Waals surface area contributed by atoms with Crippen LogP contribution in [0, 0.1) is 10.9 Å². The summed E-state index contributed by atoms with van der Waals surface area (Å²) in [6, 6.07) is 10.2. The molecule has 1 aliphatic heterocycles. The standard InChI is InChI=1S/C27H21F2N7S/c28-19-11-21-18(10-17(19)16-9-15(12-30-13-16)14-36-7-1-2-8-36)24(35-34-21)27-32-20-5-6-31-26(25(20)33-27)22-3-4-23(29)37-22/h3-6,9-13H,1-2,7-8,14H2,(H,32,33)(H,34,35). The second-order valence-corrected chi connectivity index (χ2v) is 10.3. The van der Waals surface area contributed by atoms with Crippen molar-refractivity contribution < 1.29 is 8.78 Å². The monoisotopic (exact) mass is 513 g/mol. The Morgan fingerprint density at radius 2 is 1.86 bits per heavy atom. The van der Waals surface area contributed by atoms with Crippen molar-refractivity contribution in [3.8, 4) is 33.2 Å². The van der Waals surface area contributed by atoms with Crippen molar-refractivity contribution in [2.45, 2.75) is 19.4 Å². The van der Waals surface area contributed by atoms with Gasteiger partial charge in [-0.15, -0.1) is 11.3 Å². The molecule has 6 aromatic rings. The van der Waals surface area contributed by atoms with Gasteiger partial charge in [0.25, 0.3) is 0 Å². The first-order valence-corrected chi connectivity index (χ1v) is 12.9. The number of hydrogen-bond acceptors (Lipinski definition) is 6. The lowest BCUT2D eigenvalue weighted by Crippen LogP contribution is -2.18. The lowest BCUT2D eigenvalue weighted by Gasteiger charge is -2.15. The van der Waals surface area contributed by atoms with Gasteiger partial charge in [0.2, 0.25) is 0 Å². The van der Waals surface area contributed by atoms with Gasteiger partial charge in [-0.3, -0.25) is 20.0 Å². The molecule has 1 saturated heterocycles.